The van der Waals surface area contributed by atoms with Gasteiger partial charge in [0.2, 0.25) is 0 Å². The smallest absolute Gasteiger partial charge is 0.344 e. The van der Waals surface area contributed by atoms with Gasteiger partial charge in [0.15, 0.2) is 12.4 Å². The zero-order chi connectivity index (χ0) is 19.7. The number of ketones is 1. The molecule has 0 spiro atoms. The summed E-state index contributed by atoms with van der Waals surface area (Å²) in [5.74, 6) is 0.842. The summed E-state index contributed by atoms with van der Waals surface area (Å²) in [5.41, 5.74) is 0.437. The summed E-state index contributed by atoms with van der Waals surface area (Å²) < 4.78 is 16.2. The maximum atomic E-state index is 12.3. The Morgan fingerprint density at radius 1 is 0.929 bits per heavy atom. The van der Waals surface area contributed by atoms with Gasteiger partial charge in [-0.3, -0.25) is 4.79 Å². The van der Waals surface area contributed by atoms with Crippen molar-refractivity contribution in [2.45, 2.75) is 0 Å². The van der Waals surface area contributed by atoms with Gasteiger partial charge in [-0.25, -0.2) is 4.79 Å². The first-order valence-electron chi connectivity index (χ1n) is 8.51. The quantitative estimate of drug-likeness (QED) is 0.274. The zero-order valence-corrected chi connectivity index (χ0v) is 15.7. The van der Waals surface area contributed by atoms with Crippen molar-refractivity contribution in [1.82, 2.24) is 0 Å². The predicted octanol–water partition coefficient (Wildman–Crippen LogP) is 4.87. The number of methoxy groups -OCH3 is 1. The van der Waals surface area contributed by atoms with E-state index in [1.54, 1.807) is 61.7 Å². The lowest BCUT2D eigenvalue weighted by molar-refractivity contribution is 0.0921. The molecular weight excluding hydrogens is 380 g/mol. The van der Waals surface area contributed by atoms with Gasteiger partial charge in [-0.2, -0.15) is 0 Å². The van der Waals surface area contributed by atoms with Crippen molar-refractivity contribution in [3.8, 4) is 11.5 Å². The Morgan fingerprint density at radius 3 is 2.39 bits per heavy atom. The maximum absolute atomic E-state index is 12.3. The average Bonchev–Trinajstić information content (AvgIpc) is 2.72. The molecule has 0 saturated heterocycles. The highest BCUT2D eigenvalue weighted by molar-refractivity contribution is 6.30. The fraction of sp³-hybridized carbons (Fsp3) is 0.0909. The minimum Gasteiger partial charge on any atom is -0.497 e. The van der Waals surface area contributed by atoms with Crippen LogP contribution in [-0.2, 0) is 0 Å². The summed E-state index contributed by atoms with van der Waals surface area (Å²) in [4.78, 5) is 24.6. The third-order valence-electron chi connectivity index (χ3n) is 4.43. The second-order valence-corrected chi connectivity index (χ2v) is 6.61. The number of carbonyl (C=O) groups excluding carboxylic acids is 1. The second kappa shape index (κ2) is 7.37. The Hall–Kier alpha value is -3.31. The Kier molecular flexibility index (Phi) is 4.75. The Balaban J connectivity index is 1.62. The Bertz CT molecular complexity index is 1240. The molecule has 0 saturated carbocycles. The molecule has 4 aromatic rings. The summed E-state index contributed by atoms with van der Waals surface area (Å²) in [6.45, 7) is -0.137. The van der Waals surface area contributed by atoms with Crippen LogP contribution in [-0.4, -0.2) is 19.5 Å². The van der Waals surface area contributed by atoms with Crippen LogP contribution in [0.2, 0.25) is 5.02 Å². The third-order valence-corrected chi connectivity index (χ3v) is 4.68. The van der Waals surface area contributed by atoms with Gasteiger partial charge in [-0.15, -0.1) is 0 Å². The summed E-state index contributed by atoms with van der Waals surface area (Å²) in [6, 6.07) is 17.0. The van der Waals surface area contributed by atoms with Crippen LogP contribution in [0.15, 0.2) is 69.9 Å². The number of carbonyl (C=O) groups is 1. The molecule has 3 aromatic carbocycles. The van der Waals surface area contributed by atoms with E-state index in [2.05, 4.69) is 0 Å². The normalized spacial score (nSPS) is 10.9. The molecule has 6 heteroatoms. The number of halogens is 1. The van der Waals surface area contributed by atoms with E-state index >= 15 is 0 Å². The third kappa shape index (κ3) is 3.44. The Labute approximate surface area is 165 Å². The highest BCUT2D eigenvalue weighted by Gasteiger charge is 2.11. The predicted molar refractivity (Wildman–Crippen MR) is 108 cm³/mol. The molecule has 5 nitrogen and oxygen atoms in total. The first-order valence-corrected chi connectivity index (χ1v) is 8.89. The van der Waals surface area contributed by atoms with Crippen LogP contribution in [0.4, 0.5) is 0 Å². The molecule has 1 heterocycles. The SMILES string of the molecule is COc1ccc2c(c1)c(=O)oc1cc(OCC(=O)c3ccc(Cl)cc3)ccc12. The number of hydrogen-bond acceptors (Lipinski definition) is 5. The molecule has 0 atom stereocenters. The highest BCUT2D eigenvalue weighted by atomic mass is 35.5. The molecule has 0 fully saturated rings. The van der Waals surface area contributed by atoms with Crippen LogP contribution in [0, 0.1) is 0 Å². The highest BCUT2D eigenvalue weighted by Crippen LogP contribution is 2.28. The summed E-state index contributed by atoms with van der Waals surface area (Å²) in [7, 11) is 1.54. The molecule has 4 rings (SSSR count). The summed E-state index contributed by atoms with van der Waals surface area (Å²) in [5, 5.41) is 2.54. The van der Waals surface area contributed by atoms with Crippen molar-refractivity contribution in [2.75, 3.05) is 13.7 Å². The lowest BCUT2D eigenvalue weighted by Gasteiger charge is -2.08. The number of fused-ring (bicyclic) bond motifs is 3. The van der Waals surface area contributed by atoms with Gasteiger partial charge in [-0.1, -0.05) is 11.6 Å². The molecule has 0 aliphatic rings. The number of ether oxygens (including phenoxy) is 2. The van der Waals surface area contributed by atoms with Gasteiger partial charge < -0.3 is 13.9 Å². The molecule has 0 N–H and O–H groups in total. The van der Waals surface area contributed by atoms with Crippen molar-refractivity contribution >= 4 is 39.1 Å². The van der Waals surface area contributed by atoms with E-state index < -0.39 is 5.63 Å². The molecule has 140 valence electrons. The van der Waals surface area contributed by atoms with Crippen LogP contribution in [0.5, 0.6) is 11.5 Å². The minimum absolute atomic E-state index is 0.137. The van der Waals surface area contributed by atoms with E-state index in [1.807, 2.05) is 6.07 Å². The van der Waals surface area contributed by atoms with Crippen molar-refractivity contribution in [1.29, 1.82) is 0 Å². The van der Waals surface area contributed by atoms with E-state index in [0.717, 1.165) is 10.8 Å². The van der Waals surface area contributed by atoms with E-state index in [9.17, 15) is 9.59 Å². The van der Waals surface area contributed by atoms with Crippen molar-refractivity contribution < 1.29 is 18.7 Å². The van der Waals surface area contributed by atoms with E-state index in [1.165, 1.54) is 0 Å². The lowest BCUT2D eigenvalue weighted by Crippen LogP contribution is -2.11. The van der Waals surface area contributed by atoms with Crippen LogP contribution < -0.4 is 15.1 Å². The maximum Gasteiger partial charge on any atom is 0.344 e. The van der Waals surface area contributed by atoms with Crippen molar-refractivity contribution in [3.63, 3.8) is 0 Å². The van der Waals surface area contributed by atoms with Gasteiger partial charge in [0.25, 0.3) is 0 Å². The molecular formula is C22H15ClO5. The second-order valence-electron chi connectivity index (χ2n) is 6.18. The number of Topliss-reactive ketones (excluding diaryl/α,β-unsaturated/α-hetero) is 1. The topological polar surface area (TPSA) is 65.7 Å². The van der Waals surface area contributed by atoms with Gasteiger partial charge in [0.05, 0.1) is 12.5 Å². The summed E-state index contributed by atoms with van der Waals surface area (Å²) >= 11 is 5.83. The van der Waals surface area contributed by atoms with E-state index in [4.69, 9.17) is 25.5 Å². The summed E-state index contributed by atoms with van der Waals surface area (Å²) in [6.07, 6.45) is 0. The largest absolute Gasteiger partial charge is 0.497 e. The standard InChI is InChI=1S/C22H15ClO5/c1-26-15-6-8-17-18-9-7-16(11-21(18)28-22(25)19(17)10-15)27-12-20(24)13-2-4-14(23)5-3-13/h2-11H,12H2,1H3. The minimum atomic E-state index is -0.462. The van der Waals surface area contributed by atoms with Crippen LogP contribution in [0.1, 0.15) is 10.4 Å². The first-order chi connectivity index (χ1) is 13.5. The molecule has 0 unspecified atom stereocenters. The van der Waals surface area contributed by atoms with Gasteiger partial charge in [0.1, 0.15) is 17.1 Å². The van der Waals surface area contributed by atoms with Gasteiger partial charge >= 0.3 is 5.63 Å². The first kappa shape index (κ1) is 18.1. The van der Waals surface area contributed by atoms with Crippen LogP contribution in [0.25, 0.3) is 21.7 Å². The van der Waals surface area contributed by atoms with Gasteiger partial charge in [0, 0.05) is 27.4 Å². The van der Waals surface area contributed by atoms with Gasteiger partial charge in [-0.05, 0) is 54.6 Å². The molecule has 28 heavy (non-hydrogen) atoms. The fourth-order valence-corrected chi connectivity index (χ4v) is 3.10. The number of benzene rings is 3. The van der Waals surface area contributed by atoms with Crippen LogP contribution in [0.3, 0.4) is 0 Å². The number of hydrogen-bond donors (Lipinski definition) is 0. The molecule has 0 amide bonds. The average molecular weight is 395 g/mol. The van der Waals surface area contributed by atoms with Crippen molar-refractivity contribution in [2.24, 2.45) is 0 Å². The molecule has 0 aliphatic heterocycles. The van der Waals surface area contributed by atoms with E-state index in [0.29, 0.717) is 33.1 Å². The monoisotopic (exact) mass is 394 g/mol. The molecule has 0 radical (unpaired) electrons. The van der Waals surface area contributed by atoms with Crippen LogP contribution >= 0.6 is 11.6 Å². The van der Waals surface area contributed by atoms with Crippen molar-refractivity contribution in [3.05, 3.63) is 81.7 Å². The lowest BCUT2D eigenvalue weighted by atomic mass is 10.1. The molecule has 0 aliphatic carbocycles. The van der Waals surface area contributed by atoms with E-state index in [-0.39, 0.29) is 12.4 Å². The zero-order valence-electron chi connectivity index (χ0n) is 14.9. The Morgan fingerprint density at radius 2 is 1.64 bits per heavy atom. The fourth-order valence-electron chi connectivity index (χ4n) is 2.98. The molecule has 1 aromatic heterocycles. The molecule has 0 bridgehead atoms. The number of rotatable bonds is 5.